The lowest BCUT2D eigenvalue weighted by Gasteiger charge is -2.20. The normalized spacial score (nSPS) is 15.1. The predicted octanol–water partition coefficient (Wildman–Crippen LogP) is 5.10. The lowest BCUT2D eigenvalue weighted by molar-refractivity contribution is 0.0973. The van der Waals surface area contributed by atoms with Crippen LogP contribution in [0.5, 0.6) is 0 Å². The number of Topliss-reactive ketones (excluding diaryl/α,β-unsaturated/α-hetero) is 1. The maximum absolute atomic E-state index is 12.3. The van der Waals surface area contributed by atoms with Gasteiger partial charge in [0.05, 0.1) is 0 Å². The SMILES string of the molecule is O=C1CCCc2c1cc1ccc3cccc4ccc2c1c34. The fourth-order valence-corrected chi connectivity index (χ4v) is 3.95. The quantitative estimate of drug-likeness (QED) is 0.406. The molecule has 1 nitrogen and oxygen atoms in total. The Balaban J connectivity index is 2.09. The van der Waals surface area contributed by atoms with Gasteiger partial charge in [-0.1, -0.05) is 42.5 Å². The molecule has 4 aromatic rings. The molecule has 0 bridgehead atoms. The van der Waals surface area contributed by atoms with E-state index in [1.165, 1.54) is 37.9 Å². The number of hydrogen-bond donors (Lipinski definition) is 0. The van der Waals surface area contributed by atoms with Gasteiger partial charge in [0, 0.05) is 12.0 Å². The zero-order chi connectivity index (χ0) is 14.0. The van der Waals surface area contributed by atoms with Crippen LogP contribution in [0, 0.1) is 0 Å². The number of benzene rings is 4. The largest absolute Gasteiger partial charge is 0.294 e. The third-order valence-corrected chi connectivity index (χ3v) is 4.89. The van der Waals surface area contributed by atoms with Crippen LogP contribution >= 0.6 is 0 Å². The van der Waals surface area contributed by atoms with Gasteiger partial charge in [0.15, 0.2) is 5.78 Å². The van der Waals surface area contributed by atoms with Gasteiger partial charge in [-0.3, -0.25) is 4.79 Å². The summed E-state index contributed by atoms with van der Waals surface area (Å²) in [6.45, 7) is 0. The molecular formula is C20H14O. The van der Waals surface area contributed by atoms with Crippen molar-refractivity contribution in [2.75, 3.05) is 0 Å². The molecule has 0 spiro atoms. The van der Waals surface area contributed by atoms with Crippen LogP contribution in [0.25, 0.3) is 32.3 Å². The second-order valence-corrected chi connectivity index (χ2v) is 6.04. The van der Waals surface area contributed by atoms with E-state index >= 15 is 0 Å². The average Bonchev–Trinajstić information content (AvgIpc) is 2.53. The van der Waals surface area contributed by atoms with Crippen molar-refractivity contribution in [2.24, 2.45) is 0 Å². The Morgan fingerprint density at radius 3 is 2.38 bits per heavy atom. The number of ketones is 1. The number of rotatable bonds is 0. The number of carbonyl (C=O) groups is 1. The molecule has 1 aliphatic carbocycles. The Morgan fingerprint density at radius 1 is 0.762 bits per heavy atom. The molecule has 21 heavy (non-hydrogen) atoms. The fourth-order valence-electron chi connectivity index (χ4n) is 3.95. The topological polar surface area (TPSA) is 17.1 Å². The van der Waals surface area contributed by atoms with Crippen LogP contribution in [0.15, 0.2) is 48.5 Å². The van der Waals surface area contributed by atoms with E-state index in [2.05, 4.69) is 48.5 Å². The molecule has 0 aromatic heterocycles. The van der Waals surface area contributed by atoms with Gasteiger partial charge < -0.3 is 0 Å². The highest BCUT2D eigenvalue weighted by Gasteiger charge is 2.21. The van der Waals surface area contributed by atoms with E-state index in [0.29, 0.717) is 12.2 Å². The number of carbonyl (C=O) groups excluding carboxylic acids is 1. The zero-order valence-corrected chi connectivity index (χ0v) is 11.6. The minimum Gasteiger partial charge on any atom is -0.294 e. The summed E-state index contributed by atoms with van der Waals surface area (Å²) in [4.78, 5) is 12.3. The molecule has 0 amide bonds. The van der Waals surface area contributed by atoms with Gasteiger partial charge in [0.1, 0.15) is 0 Å². The summed E-state index contributed by atoms with van der Waals surface area (Å²) in [6.07, 6.45) is 2.70. The van der Waals surface area contributed by atoms with Crippen molar-refractivity contribution in [3.05, 3.63) is 59.7 Å². The van der Waals surface area contributed by atoms with Crippen LogP contribution in [-0.2, 0) is 6.42 Å². The molecule has 1 aliphatic rings. The van der Waals surface area contributed by atoms with Gasteiger partial charge in [0.2, 0.25) is 0 Å². The van der Waals surface area contributed by atoms with E-state index in [0.717, 1.165) is 18.4 Å². The first-order chi connectivity index (χ1) is 10.3. The fraction of sp³-hybridized carbons (Fsp3) is 0.150. The predicted molar refractivity (Wildman–Crippen MR) is 87.4 cm³/mol. The summed E-state index contributed by atoms with van der Waals surface area (Å²) in [5.41, 5.74) is 2.21. The number of fused-ring (bicyclic) bond motifs is 2. The molecule has 0 atom stereocenters. The minimum absolute atomic E-state index is 0.307. The summed E-state index contributed by atoms with van der Waals surface area (Å²) >= 11 is 0. The van der Waals surface area contributed by atoms with Gasteiger partial charge in [-0.2, -0.15) is 0 Å². The highest BCUT2D eigenvalue weighted by molar-refractivity contribution is 6.25. The molecular weight excluding hydrogens is 256 g/mol. The Labute approximate surface area is 122 Å². The monoisotopic (exact) mass is 270 g/mol. The molecule has 0 heterocycles. The third-order valence-electron chi connectivity index (χ3n) is 4.89. The first-order valence-electron chi connectivity index (χ1n) is 7.55. The number of aryl methyl sites for hydroxylation is 1. The van der Waals surface area contributed by atoms with Crippen LogP contribution in [-0.4, -0.2) is 5.78 Å². The van der Waals surface area contributed by atoms with Crippen molar-refractivity contribution >= 4 is 38.1 Å². The second-order valence-electron chi connectivity index (χ2n) is 6.04. The highest BCUT2D eigenvalue weighted by Crippen LogP contribution is 2.39. The molecule has 0 aliphatic heterocycles. The summed E-state index contributed by atoms with van der Waals surface area (Å²) < 4.78 is 0. The van der Waals surface area contributed by atoms with Crippen molar-refractivity contribution in [3.8, 4) is 0 Å². The lowest BCUT2D eigenvalue weighted by atomic mass is 9.83. The van der Waals surface area contributed by atoms with E-state index in [9.17, 15) is 4.79 Å². The first kappa shape index (κ1) is 11.3. The maximum atomic E-state index is 12.3. The Hall–Kier alpha value is -2.41. The van der Waals surface area contributed by atoms with Gasteiger partial charge in [-0.15, -0.1) is 0 Å². The Kier molecular flexibility index (Phi) is 2.05. The molecule has 5 rings (SSSR count). The van der Waals surface area contributed by atoms with Crippen LogP contribution in [0.1, 0.15) is 28.8 Å². The first-order valence-corrected chi connectivity index (χ1v) is 7.55. The summed E-state index contributed by atoms with van der Waals surface area (Å²) in [5, 5.41) is 7.72. The standard InChI is InChI=1S/C20H14O/c21-18-6-2-5-15-16-10-9-13-4-1-3-12-7-8-14(11-17(15)18)20(16)19(12)13/h1,3-4,7-11H,2,5-6H2. The highest BCUT2D eigenvalue weighted by atomic mass is 16.1. The van der Waals surface area contributed by atoms with E-state index in [-0.39, 0.29) is 0 Å². The smallest absolute Gasteiger partial charge is 0.163 e. The summed E-state index contributed by atoms with van der Waals surface area (Å²) in [6, 6.07) is 17.3. The van der Waals surface area contributed by atoms with Gasteiger partial charge in [0.25, 0.3) is 0 Å². The molecule has 0 unspecified atom stereocenters. The summed E-state index contributed by atoms with van der Waals surface area (Å²) in [5.74, 6) is 0.307. The van der Waals surface area contributed by atoms with Crippen molar-refractivity contribution in [1.29, 1.82) is 0 Å². The average molecular weight is 270 g/mol. The van der Waals surface area contributed by atoms with E-state index in [1.807, 2.05) is 0 Å². The zero-order valence-electron chi connectivity index (χ0n) is 11.6. The van der Waals surface area contributed by atoms with Crippen molar-refractivity contribution in [1.82, 2.24) is 0 Å². The van der Waals surface area contributed by atoms with Crippen LogP contribution in [0.3, 0.4) is 0 Å². The van der Waals surface area contributed by atoms with E-state index in [1.54, 1.807) is 0 Å². The van der Waals surface area contributed by atoms with Crippen molar-refractivity contribution in [2.45, 2.75) is 19.3 Å². The maximum Gasteiger partial charge on any atom is 0.163 e. The van der Waals surface area contributed by atoms with Crippen molar-refractivity contribution < 1.29 is 4.79 Å². The Bertz CT molecular complexity index is 1010. The molecule has 0 fully saturated rings. The van der Waals surface area contributed by atoms with Crippen molar-refractivity contribution in [3.63, 3.8) is 0 Å². The molecule has 0 N–H and O–H groups in total. The molecule has 0 saturated carbocycles. The van der Waals surface area contributed by atoms with Gasteiger partial charge >= 0.3 is 0 Å². The van der Waals surface area contributed by atoms with E-state index < -0.39 is 0 Å². The van der Waals surface area contributed by atoms with Gasteiger partial charge in [-0.25, -0.2) is 0 Å². The molecule has 1 heteroatoms. The van der Waals surface area contributed by atoms with Crippen LogP contribution in [0.2, 0.25) is 0 Å². The Morgan fingerprint density at radius 2 is 1.52 bits per heavy atom. The lowest BCUT2D eigenvalue weighted by Crippen LogP contribution is -2.11. The molecule has 100 valence electrons. The molecule has 4 aromatic carbocycles. The van der Waals surface area contributed by atoms with Crippen LogP contribution in [0.4, 0.5) is 0 Å². The minimum atomic E-state index is 0.307. The van der Waals surface area contributed by atoms with Gasteiger partial charge in [-0.05, 0) is 56.8 Å². The third kappa shape index (κ3) is 1.38. The number of hydrogen-bond acceptors (Lipinski definition) is 1. The van der Waals surface area contributed by atoms with Crippen LogP contribution < -0.4 is 0 Å². The van der Waals surface area contributed by atoms with E-state index in [4.69, 9.17) is 0 Å². The summed E-state index contributed by atoms with van der Waals surface area (Å²) in [7, 11) is 0. The molecule has 0 saturated heterocycles. The molecule has 0 radical (unpaired) electrons. The second kappa shape index (κ2) is 3.82.